The van der Waals surface area contributed by atoms with Gasteiger partial charge in [-0.3, -0.25) is 4.79 Å². The summed E-state index contributed by atoms with van der Waals surface area (Å²) >= 11 is 1.48. The lowest BCUT2D eigenvalue weighted by molar-refractivity contribution is 0.104. The van der Waals surface area contributed by atoms with Crippen LogP contribution in [0.1, 0.15) is 20.2 Å². The van der Waals surface area contributed by atoms with Gasteiger partial charge < -0.3 is 0 Å². The van der Waals surface area contributed by atoms with Crippen LogP contribution in [0.25, 0.3) is 11.3 Å². The van der Waals surface area contributed by atoms with E-state index in [1.165, 1.54) is 11.3 Å². The number of hydrogen-bond donors (Lipinski definition) is 0. The Morgan fingerprint density at radius 3 is 2.71 bits per heavy atom. The van der Waals surface area contributed by atoms with Crippen LogP contribution in [0.2, 0.25) is 0 Å². The average molecular weight is 201 g/mol. The Morgan fingerprint density at radius 2 is 1.93 bits per heavy atom. The molecule has 1 aromatic heterocycles. The van der Waals surface area contributed by atoms with Crippen molar-refractivity contribution >= 4 is 17.1 Å². The molecule has 14 heavy (non-hydrogen) atoms. The fourth-order valence-electron chi connectivity index (χ4n) is 1.77. The van der Waals surface area contributed by atoms with Crippen molar-refractivity contribution in [3.8, 4) is 11.3 Å². The summed E-state index contributed by atoms with van der Waals surface area (Å²) in [5.41, 5.74) is 2.64. The predicted octanol–water partition coefficient (Wildman–Crippen LogP) is 2.66. The topological polar surface area (TPSA) is 30.0 Å². The van der Waals surface area contributed by atoms with E-state index in [0.29, 0.717) is 0 Å². The smallest absolute Gasteiger partial charge is 0.205 e. The number of benzene rings is 1. The molecule has 1 heterocycles. The second kappa shape index (κ2) is 2.51. The molecule has 0 radical (unpaired) electrons. The molecule has 1 aromatic carbocycles. The first kappa shape index (κ1) is 7.88. The lowest BCUT2D eigenvalue weighted by Crippen LogP contribution is -1.91. The highest BCUT2D eigenvalue weighted by atomic mass is 32.1. The molecular formula is C11H7NOS. The van der Waals surface area contributed by atoms with Crippen LogP contribution in [0.5, 0.6) is 0 Å². The summed E-state index contributed by atoms with van der Waals surface area (Å²) in [7, 11) is 0. The monoisotopic (exact) mass is 201 g/mol. The maximum Gasteiger partial charge on any atom is 0.205 e. The van der Waals surface area contributed by atoms with Gasteiger partial charge in [-0.25, -0.2) is 4.98 Å². The zero-order chi connectivity index (χ0) is 9.71. The molecule has 0 fully saturated rings. The number of ketones is 1. The van der Waals surface area contributed by atoms with E-state index >= 15 is 0 Å². The third kappa shape index (κ3) is 0.849. The van der Waals surface area contributed by atoms with Gasteiger partial charge in [0.15, 0.2) is 0 Å². The van der Waals surface area contributed by atoms with Gasteiger partial charge in [-0.15, -0.1) is 11.3 Å². The molecule has 0 saturated heterocycles. The average Bonchev–Trinajstić information content (AvgIpc) is 2.68. The second-order valence-corrected chi connectivity index (χ2v) is 4.49. The first-order chi connectivity index (χ1) is 6.77. The van der Waals surface area contributed by atoms with Gasteiger partial charge in [0.1, 0.15) is 4.88 Å². The highest BCUT2D eigenvalue weighted by Crippen LogP contribution is 2.38. The Bertz CT molecular complexity index is 542. The summed E-state index contributed by atoms with van der Waals surface area (Å²) in [6, 6.07) is 7.65. The van der Waals surface area contributed by atoms with Gasteiger partial charge >= 0.3 is 0 Å². The van der Waals surface area contributed by atoms with Crippen LogP contribution in [0.3, 0.4) is 0 Å². The van der Waals surface area contributed by atoms with Crippen LogP contribution in [0, 0.1) is 6.92 Å². The molecule has 0 N–H and O–H groups in total. The fourth-order valence-corrected chi connectivity index (χ4v) is 2.66. The van der Waals surface area contributed by atoms with E-state index in [2.05, 4.69) is 4.98 Å². The first-order valence-corrected chi connectivity index (χ1v) is 5.20. The lowest BCUT2D eigenvalue weighted by atomic mass is 10.1. The minimum absolute atomic E-state index is 0.126. The zero-order valence-corrected chi connectivity index (χ0v) is 8.39. The summed E-state index contributed by atoms with van der Waals surface area (Å²) in [5, 5.41) is 0.956. The number of thiazole rings is 1. The Kier molecular flexibility index (Phi) is 1.42. The molecule has 0 atom stereocenters. The minimum atomic E-state index is 0.126. The third-order valence-corrected chi connectivity index (χ3v) is 3.34. The number of carbonyl (C=O) groups is 1. The maximum absolute atomic E-state index is 11.9. The Hall–Kier alpha value is -1.48. The number of hydrogen-bond acceptors (Lipinski definition) is 3. The molecule has 3 rings (SSSR count). The van der Waals surface area contributed by atoms with Crippen molar-refractivity contribution in [2.24, 2.45) is 0 Å². The molecule has 2 nitrogen and oxygen atoms in total. The molecule has 68 valence electrons. The summed E-state index contributed by atoms with van der Waals surface area (Å²) < 4.78 is 0. The highest BCUT2D eigenvalue weighted by Gasteiger charge is 2.29. The van der Waals surface area contributed by atoms with E-state index in [0.717, 1.165) is 26.7 Å². The van der Waals surface area contributed by atoms with Gasteiger partial charge in [0.25, 0.3) is 0 Å². The number of aryl methyl sites for hydroxylation is 1. The van der Waals surface area contributed by atoms with E-state index in [4.69, 9.17) is 0 Å². The summed E-state index contributed by atoms with van der Waals surface area (Å²) in [5.74, 6) is 0.126. The van der Waals surface area contributed by atoms with Crippen LogP contribution >= 0.6 is 11.3 Å². The standard InChI is InChI=1S/C11H7NOS/c1-6-12-9-7-4-2-3-5-8(7)10(13)11(9)14-6/h2-5H,1H3. The van der Waals surface area contributed by atoms with Gasteiger partial charge in [-0.1, -0.05) is 24.3 Å². The Morgan fingerprint density at radius 1 is 1.21 bits per heavy atom. The van der Waals surface area contributed by atoms with Crippen molar-refractivity contribution < 1.29 is 4.79 Å². The normalized spacial score (nSPS) is 12.8. The highest BCUT2D eigenvalue weighted by molar-refractivity contribution is 7.14. The number of fused-ring (bicyclic) bond motifs is 3. The minimum Gasteiger partial charge on any atom is -0.288 e. The van der Waals surface area contributed by atoms with Gasteiger partial charge in [0.2, 0.25) is 5.78 Å². The zero-order valence-electron chi connectivity index (χ0n) is 7.57. The number of rotatable bonds is 0. The largest absolute Gasteiger partial charge is 0.288 e. The molecule has 0 aliphatic heterocycles. The van der Waals surface area contributed by atoms with Crippen LogP contribution in [-0.4, -0.2) is 10.8 Å². The van der Waals surface area contributed by atoms with Gasteiger partial charge in [-0.2, -0.15) is 0 Å². The number of nitrogens with zero attached hydrogens (tertiary/aromatic N) is 1. The Labute approximate surface area is 85.2 Å². The van der Waals surface area contributed by atoms with Crippen molar-refractivity contribution in [1.29, 1.82) is 0 Å². The van der Waals surface area contributed by atoms with Crippen LogP contribution in [-0.2, 0) is 0 Å². The van der Waals surface area contributed by atoms with Gasteiger partial charge in [0, 0.05) is 11.1 Å². The van der Waals surface area contributed by atoms with Crippen LogP contribution < -0.4 is 0 Å². The van der Waals surface area contributed by atoms with E-state index in [9.17, 15) is 4.79 Å². The lowest BCUT2D eigenvalue weighted by Gasteiger charge is -1.94. The van der Waals surface area contributed by atoms with Gasteiger partial charge in [-0.05, 0) is 6.92 Å². The second-order valence-electron chi connectivity index (χ2n) is 3.29. The summed E-state index contributed by atoms with van der Waals surface area (Å²) in [4.78, 5) is 17.0. The SMILES string of the molecule is Cc1nc2c(s1)C(=O)c1ccccc1-2. The van der Waals surface area contributed by atoms with Crippen molar-refractivity contribution in [1.82, 2.24) is 4.98 Å². The molecule has 2 aromatic rings. The quantitative estimate of drug-likeness (QED) is 0.559. The van der Waals surface area contributed by atoms with E-state index in [1.807, 2.05) is 31.2 Å². The van der Waals surface area contributed by atoms with E-state index in [1.54, 1.807) is 0 Å². The van der Waals surface area contributed by atoms with Crippen LogP contribution in [0.15, 0.2) is 24.3 Å². The summed E-state index contributed by atoms with van der Waals surface area (Å²) in [6.45, 7) is 1.93. The molecule has 0 amide bonds. The fraction of sp³-hybridized carbons (Fsp3) is 0.0909. The molecule has 1 aliphatic rings. The molecule has 0 spiro atoms. The first-order valence-electron chi connectivity index (χ1n) is 4.39. The number of aromatic nitrogens is 1. The van der Waals surface area contributed by atoms with Crippen molar-refractivity contribution in [2.75, 3.05) is 0 Å². The van der Waals surface area contributed by atoms with E-state index in [-0.39, 0.29) is 5.78 Å². The van der Waals surface area contributed by atoms with Crippen molar-refractivity contribution in [2.45, 2.75) is 6.92 Å². The molecule has 3 heteroatoms. The number of carbonyl (C=O) groups excluding carboxylic acids is 1. The molecule has 0 bridgehead atoms. The molecule has 0 saturated carbocycles. The van der Waals surface area contributed by atoms with Crippen molar-refractivity contribution in [3.05, 3.63) is 39.7 Å². The Balaban J connectivity index is 2.39. The summed E-state index contributed by atoms with van der Waals surface area (Å²) in [6.07, 6.45) is 0. The van der Waals surface area contributed by atoms with Crippen molar-refractivity contribution in [3.63, 3.8) is 0 Å². The van der Waals surface area contributed by atoms with Gasteiger partial charge in [0.05, 0.1) is 10.7 Å². The van der Waals surface area contributed by atoms with Crippen LogP contribution in [0.4, 0.5) is 0 Å². The molecule has 1 aliphatic carbocycles. The van der Waals surface area contributed by atoms with E-state index < -0.39 is 0 Å². The molecular weight excluding hydrogens is 194 g/mol. The predicted molar refractivity (Wildman–Crippen MR) is 55.7 cm³/mol. The third-order valence-electron chi connectivity index (χ3n) is 2.37. The maximum atomic E-state index is 11.9. The molecule has 0 unspecified atom stereocenters.